The SMILES string of the molecule is CCCCC(CC)CS(=O)(=O)c1ccc(Nc2ccc3c4c2C(=O)c2ccccc2-c4c(C(=O)c2cccc(SOOO)c2)c(=O)n3C)c(SOOO)c1. The lowest BCUT2D eigenvalue weighted by atomic mass is 9.80. The molecule has 0 bridgehead atoms. The maximum atomic E-state index is 14.4. The molecule has 1 aliphatic carbocycles. The molecule has 1 atom stereocenters. The van der Waals surface area contributed by atoms with Gasteiger partial charge in [0.15, 0.2) is 21.4 Å². The monoisotopic (exact) mass is 792 g/mol. The Hall–Kier alpha value is -4.36. The van der Waals surface area contributed by atoms with E-state index in [0.29, 0.717) is 63.2 Å². The summed E-state index contributed by atoms with van der Waals surface area (Å²) < 4.78 is 37.7. The first-order valence-electron chi connectivity index (χ1n) is 17.0. The van der Waals surface area contributed by atoms with Gasteiger partial charge >= 0.3 is 0 Å². The van der Waals surface area contributed by atoms with E-state index in [1.165, 1.54) is 41.9 Å². The van der Waals surface area contributed by atoms with Crippen LogP contribution in [0.3, 0.4) is 0 Å². The standard InChI is InChI=1S/C38H36N2O11S3/c1-4-6-10-22(5-2)21-54(46,47)25-15-16-28(31(20-25)53-51-49-45)39-29-17-18-30-34-32(26-13-7-8-14-27(26)37(42)33(29)34)35(38(43)40(30)3)36(41)23-11-9-12-24(19-23)52-50-48-44/h7-9,11-20,22,39,44-45H,4-6,10,21H2,1-3H3. The largest absolute Gasteiger partial charge is 0.354 e. The number of aromatic nitrogens is 1. The Morgan fingerprint density at radius 1 is 0.870 bits per heavy atom. The van der Waals surface area contributed by atoms with Crippen molar-refractivity contribution < 1.29 is 47.3 Å². The van der Waals surface area contributed by atoms with Gasteiger partial charge in [-0.25, -0.2) is 18.9 Å². The van der Waals surface area contributed by atoms with E-state index in [-0.39, 0.29) is 55.1 Å². The smallest absolute Gasteiger partial charge is 0.262 e. The Bertz CT molecular complexity index is 2410. The normalized spacial score (nSPS) is 12.9. The van der Waals surface area contributed by atoms with E-state index >= 15 is 0 Å². The van der Waals surface area contributed by atoms with Gasteiger partial charge in [-0.1, -0.05) is 79.6 Å². The summed E-state index contributed by atoms with van der Waals surface area (Å²) in [6.45, 7) is 4.03. The minimum atomic E-state index is -3.72. The summed E-state index contributed by atoms with van der Waals surface area (Å²) in [6, 6.07) is 20.6. The molecule has 16 heteroatoms. The van der Waals surface area contributed by atoms with Gasteiger partial charge in [-0.15, -0.1) is 8.67 Å². The number of pyridine rings is 1. The highest BCUT2D eigenvalue weighted by atomic mass is 32.2. The average Bonchev–Trinajstić information content (AvgIpc) is 3.18. The summed E-state index contributed by atoms with van der Waals surface area (Å²) in [4.78, 5) is 43.5. The number of anilines is 2. The third-order valence-corrected chi connectivity index (χ3v) is 12.6. The second-order valence-electron chi connectivity index (χ2n) is 12.7. The van der Waals surface area contributed by atoms with Gasteiger partial charge in [-0.2, -0.15) is 0 Å². The number of sulfone groups is 1. The quantitative estimate of drug-likeness (QED) is 0.0346. The van der Waals surface area contributed by atoms with Gasteiger partial charge in [-0.05, 0) is 60.4 Å². The van der Waals surface area contributed by atoms with Gasteiger partial charge in [0.2, 0.25) is 0 Å². The number of ketones is 2. The minimum Gasteiger partial charge on any atom is -0.354 e. The van der Waals surface area contributed by atoms with Crippen LogP contribution in [0.5, 0.6) is 0 Å². The first-order chi connectivity index (χ1) is 26.0. The number of carbonyl (C=O) groups is 2. The lowest BCUT2D eigenvalue weighted by molar-refractivity contribution is -0.432. The fourth-order valence-electron chi connectivity index (χ4n) is 6.75. The van der Waals surface area contributed by atoms with Gasteiger partial charge in [0, 0.05) is 34.0 Å². The molecule has 0 amide bonds. The summed E-state index contributed by atoms with van der Waals surface area (Å²) in [6.07, 6.45) is 3.39. The molecular formula is C38H36N2O11S3. The molecule has 1 heterocycles. The topological polar surface area (TPSA) is 180 Å². The number of aryl methyl sites for hydroxylation is 1. The van der Waals surface area contributed by atoms with Crippen LogP contribution >= 0.6 is 24.1 Å². The number of benzene rings is 4. The lowest BCUT2D eigenvalue weighted by Gasteiger charge is -2.26. The molecule has 54 heavy (non-hydrogen) atoms. The highest BCUT2D eigenvalue weighted by Gasteiger charge is 2.34. The van der Waals surface area contributed by atoms with Crippen molar-refractivity contribution in [3.63, 3.8) is 0 Å². The second-order valence-corrected chi connectivity index (χ2v) is 16.2. The van der Waals surface area contributed by atoms with Crippen LogP contribution in [-0.2, 0) is 35.6 Å². The van der Waals surface area contributed by atoms with E-state index in [4.69, 9.17) is 14.8 Å². The summed E-state index contributed by atoms with van der Waals surface area (Å²) in [5.74, 6) is -1.02. The Kier molecular flexibility index (Phi) is 12.4. The first-order valence-corrected chi connectivity index (χ1v) is 20.1. The predicted molar refractivity (Wildman–Crippen MR) is 204 cm³/mol. The molecule has 3 N–H and O–H groups in total. The zero-order valence-corrected chi connectivity index (χ0v) is 31.8. The summed E-state index contributed by atoms with van der Waals surface area (Å²) in [5, 5.41) is 28.7. The van der Waals surface area contributed by atoms with Crippen molar-refractivity contribution in [3.05, 3.63) is 111 Å². The van der Waals surface area contributed by atoms with E-state index in [1.807, 2.05) is 6.92 Å². The molecular weight excluding hydrogens is 757 g/mol. The Morgan fingerprint density at radius 2 is 1.59 bits per heavy atom. The van der Waals surface area contributed by atoms with Crippen molar-refractivity contribution in [2.45, 2.75) is 54.2 Å². The van der Waals surface area contributed by atoms with Crippen LogP contribution in [0.1, 0.15) is 71.4 Å². The lowest BCUT2D eigenvalue weighted by Crippen LogP contribution is -2.29. The Morgan fingerprint density at radius 3 is 2.31 bits per heavy atom. The third kappa shape index (κ3) is 7.75. The van der Waals surface area contributed by atoms with Gasteiger partial charge in [0.25, 0.3) is 5.56 Å². The Labute approximate surface area is 319 Å². The number of nitrogens with zero attached hydrogens (tertiary/aromatic N) is 1. The predicted octanol–water partition coefficient (Wildman–Crippen LogP) is 8.57. The van der Waals surface area contributed by atoms with Crippen molar-refractivity contribution in [2.75, 3.05) is 11.1 Å². The van der Waals surface area contributed by atoms with Crippen LogP contribution in [0.2, 0.25) is 0 Å². The van der Waals surface area contributed by atoms with Gasteiger partial charge in [0.05, 0.1) is 67.6 Å². The third-order valence-electron chi connectivity index (χ3n) is 9.45. The molecule has 0 saturated carbocycles. The molecule has 282 valence electrons. The molecule has 13 nitrogen and oxygen atoms in total. The van der Waals surface area contributed by atoms with Gasteiger partial charge < -0.3 is 9.88 Å². The van der Waals surface area contributed by atoms with Crippen LogP contribution in [0, 0.1) is 5.92 Å². The van der Waals surface area contributed by atoms with E-state index in [9.17, 15) is 22.8 Å². The number of hydrogen-bond acceptors (Lipinski definition) is 14. The molecule has 1 aliphatic rings. The highest BCUT2D eigenvalue weighted by Crippen LogP contribution is 2.45. The van der Waals surface area contributed by atoms with Crippen LogP contribution in [0.4, 0.5) is 11.4 Å². The molecule has 1 unspecified atom stereocenters. The van der Waals surface area contributed by atoms with Crippen molar-refractivity contribution in [1.29, 1.82) is 0 Å². The number of nitrogens with one attached hydrogen (secondary N) is 1. The van der Waals surface area contributed by atoms with Gasteiger partial charge in [-0.3, -0.25) is 14.4 Å². The molecule has 0 fully saturated rings. The van der Waals surface area contributed by atoms with E-state index < -0.39 is 21.2 Å². The minimum absolute atomic E-state index is 0.0138. The number of rotatable bonds is 17. The fourth-order valence-corrected chi connectivity index (χ4v) is 9.51. The molecule has 0 radical (unpaired) electrons. The fraction of sp³-hybridized carbons (Fsp3) is 0.237. The molecule has 6 rings (SSSR count). The molecule has 4 aromatic carbocycles. The zero-order chi connectivity index (χ0) is 38.6. The number of hydrogen-bond donors (Lipinski definition) is 3. The maximum absolute atomic E-state index is 14.4. The number of carbonyl (C=O) groups excluding carboxylic acids is 2. The van der Waals surface area contributed by atoms with E-state index in [1.54, 1.807) is 48.5 Å². The van der Waals surface area contributed by atoms with Crippen LogP contribution < -0.4 is 10.9 Å². The number of unbranched alkanes of at least 4 members (excludes halogenated alkanes) is 1. The second kappa shape index (κ2) is 17.0. The molecule has 0 aliphatic heterocycles. The zero-order valence-electron chi connectivity index (χ0n) is 29.4. The van der Waals surface area contributed by atoms with Crippen molar-refractivity contribution >= 4 is 67.8 Å². The van der Waals surface area contributed by atoms with E-state index in [0.717, 1.165) is 19.3 Å². The van der Waals surface area contributed by atoms with Crippen LogP contribution in [-0.4, -0.2) is 40.8 Å². The highest BCUT2D eigenvalue weighted by molar-refractivity contribution is 7.95. The molecule has 0 saturated heterocycles. The molecule has 1 aromatic heterocycles. The van der Waals surface area contributed by atoms with Crippen molar-refractivity contribution in [1.82, 2.24) is 4.57 Å². The summed E-state index contributed by atoms with van der Waals surface area (Å²) in [7, 11) is -2.20. The van der Waals surface area contributed by atoms with Gasteiger partial charge in [0.1, 0.15) is 0 Å². The summed E-state index contributed by atoms with van der Waals surface area (Å²) in [5.41, 5.74) is 1.56. The first kappa shape index (κ1) is 39.3. The van der Waals surface area contributed by atoms with Crippen molar-refractivity contribution in [2.24, 2.45) is 13.0 Å². The van der Waals surface area contributed by atoms with E-state index in [2.05, 4.69) is 26.7 Å². The van der Waals surface area contributed by atoms with Crippen LogP contribution in [0.25, 0.3) is 22.0 Å². The summed E-state index contributed by atoms with van der Waals surface area (Å²) >= 11 is 1.23. The maximum Gasteiger partial charge on any atom is 0.262 e. The molecule has 5 aromatic rings. The van der Waals surface area contributed by atoms with Crippen molar-refractivity contribution in [3.8, 4) is 11.1 Å². The molecule has 0 spiro atoms. The van der Waals surface area contributed by atoms with Crippen LogP contribution in [0.15, 0.2) is 98.3 Å². The Balaban J connectivity index is 1.51. The average molecular weight is 793 g/mol. The number of fused-ring (bicyclic) bond motifs is 2.